The van der Waals surface area contributed by atoms with Gasteiger partial charge in [0.2, 0.25) is 0 Å². The maximum absolute atomic E-state index is 9.34. The van der Waals surface area contributed by atoms with Crippen LogP contribution in [-0.4, -0.2) is 96.0 Å². The Balaban J connectivity index is 0.000000192. The number of thiophene rings is 1. The van der Waals surface area contributed by atoms with Gasteiger partial charge in [-0.1, -0.05) is 209 Å². The van der Waals surface area contributed by atoms with Gasteiger partial charge in [-0.2, -0.15) is 26.3 Å². The van der Waals surface area contributed by atoms with E-state index in [4.69, 9.17) is 34.8 Å². The highest BCUT2D eigenvalue weighted by atomic mass is 32.1. The van der Waals surface area contributed by atoms with Crippen LogP contribution < -0.4 is 29.1 Å². The minimum atomic E-state index is -0.274. The number of aryl methyl sites for hydroxylation is 2. The third kappa shape index (κ3) is 22.8. The molecule has 0 amide bonds. The molecule has 0 N–H and O–H groups in total. The third-order valence-electron chi connectivity index (χ3n) is 22.0. The number of terminal acetylenes is 1. The van der Waals surface area contributed by atoms with Crippen LogP contribution in [0.3, 0.4) is 0 Å². The Morgan fingerprint density at radius 2 is 0.422 bits per heavy atom. The Bertz CT molecular complexity index is 6360. The molecular weight excluding hydrogens is 1700 g/mol. The Hall–Kier alpha value is -16.8. The molecule has 4 aromatic heterocycles. The standard InChI is InChI=1S/C72H54N4.C22H40O6S.C19HN11/c1-7-19-61(20-8-1)73(62-21-9-2-10-22-62)67-43-31-55(32-44-67)57-35-47-69(48-36-57)75(65-27-15-5-16-28-65)71-51-39-59(40-52-71)60-41-53-72(54-42-60)76(66-29-17-6-18-30-66)70-49-37-58(38-50-70)56-33-45-68(46-34-56)74(63-23-11-3-12-24-63)64-25-13-4-14-26-64;1-5-7-9-23-11-13-25-15-17-27-21-19(3)29-20(4)22(21)28-18-16-26-14-12-24-10-8-6-2;1-2-8-9(3-20)26-15-14(25-8)16-18(29-11(5-22)10(4-21)27-16)19-17(15)28-12(6-23)13(7-24)30-19/h1-54H;5-18H2,1-4H3;1H. The zero-order valence-corrected chi connectivity index (χ0v) is 76.0. The number of unbranched alkanes of at least 4 members (excludes halogenated alkanes) is 2. The molecule has 0 atom stereocenters. The fourth-order valence-electron chi connectivity index (χ4n) is 15.4. The summed E-state index contributed by atoms with van der Waals surface area (Å²) in [5.41, 5.74) is 19.0. The highest BCUT2D eigenvalue weighted by Gasteiger charge is 2.25. The summed E-state index contributed by atoms with van der Waals surface area (Å²) in [6.07, 6.45) is 9.91. The summed E-state index contributed by atoms with van der Waals surface area (Å²) in [4.78, 5) is 36.5. The van der Waals surface area contributed by atoms with Crippen molar-refractivity contribution in [1.82, 2.24) is 29.9 Å². The average Bonchev–Trinajstić information content (AvgIpc) is 1.09. The topological polar surface area (TPSA) is 265 Å². The highest BCUT2D eigenvalue weighted by molar-refractivity contribution is 7.12. The summed E-state index contributed by atoms with van der Waals surface area (Å²) in [6.45, 7) is 14.5. The van der Waals surface area contributed by atoms with Crippen molar-refractivity contribution in [3.05, 3.63) is 372 Å². The average molecular weight is 1790 g/mol. The number of hydrogen-bond donors (Lipinski definition) is 0. The molecule has 17 aromatic rings. The molecule has 0 radical (unpaired) electrons. The first-order valence-corrected chi connectivity index (χ1v) is 45.3. The number of fused-ring (bicyclic) bond motifs is 6. The molecule has 13 aromatic carbocycles. The second-order valence-corrected chi connectivity index (χ2v) is 32.3. The largest absolute Gasteiger partial charge is 0.486 e. The van der Waals surface area contributed by atoms with Crippen LogP contribution in [0.2, 0.25) is 0 Å². The molecule has 21 nitrogen and oxygen atoms in total. The quantitative estimate of drug-likeness (QED) is 0.0203. The van der Waals surface area contributed by atoms with Gasteiger partial charge in [-0.3, -0.25) is 0 Å². The van der Waals surface area contributed by atoms with Gasteiger partial charge in [0.1, 0.15) is 82.4 Å². The van der Waals surface area contributed by atoms with E-state index in [9.17, 15) is 26.3 Å². The van der Waals surface area contributed by atoms with Crippen molar-refractivity contribution in [2.75, 3.05) is 85.7 Å². The van der Waals surface area contributed by atoms with Gasteiger partial charge in [-0.25, -0.2) is 29.9 Å². The molecule has 0 bridgehead atoms. The van der Waals surface area contributed by atoms with Crippen molar-refractivity contribution in [2.45, 2.75) is 53.4 Å². The van der Waals surface area contributed by atoms with Crippen molar-refractivity contribution < 1.29 is 28.4 Å². The van der Waals surface area contributed by atoms with E-state index >= 15 is 0 Å². The maximum Gasteiger partial charge on any atom is 0.177 e. The Labute approximate surface area is 790 Å². The molecule has 0 unspecified atom stereocenters. The summed E-state index contributed by atoms with van der Waals surface area (Å²) in [5.74, 6) is 3.89. The first-order valence-electron chi connectivity index (χ1n) is 44.5. The van der Waals surface area contributed by atoms with Gasteiger partial charge in [-0.15, -0.1) is 17.8 Å². The van der Waals surface area contributed by atoms with E-state index in [0.717, 1.165) is 162 Å². The molecule has 135 heavy (non-hydrogen) atoms. The van der Waals surface area contributed by atoms with Crippen LogP contribution in [0.1, 0.15) is 83.4 Å². The van der Waals surface area contributed by atoms with E-state index in [1.807, 2.05) is 19.9 Å². The molecule has 0 saturated heterocycles. The van der Waals surface area contributed by atoms with Gasteiger partial charge >= 0.3 is 0 Å². The Kier molecular flexibility index (Phi) is 32.1. The van der Waals surface area contributed by atoms with Gasteiger partial charge in [-0.05, 0) is 212 Å². The van der Waals surface area contributed by atoms with E-state index in [1.165, 1.54) is 0 Å². The van der Waals surface area contributed by atoms with Gasteiger partial charge < -0.3 is 48.0 Å². The molecule has 0 fully saturated rings. The van der Waals surface area contributed by atoms with Gasteiger partial charge in [0, 0.05) is 91.2 Å². The summed E-state index contributed by atoms with van der Waals surface area (Å²) >= 11 is 1.68. The second kappa shape index (κ2) is 46.7. The number of para-hydroxylation sites is 6. The Morgan fingerprint density at radius 1 is 0.244 bits per heavy atom. The monoisotopic (exact) mass is 1790 g/mol. The van der Waals surface area contributed by atoms with Gasteiger partial charge in [0.05, 0.1) is 39.6 Å². The number of nitrogens with zero attached hydrogens (tertiary/aromatic N) is 15. The smallest absolute Gasteiger partial charge is 0.177 e. The van der Waals surface area contributed by atoms with E-state index in [1.54, 1.807) is 35.6 Å². The fourth-order valence-corrected chi connectivity index (χ4v) is 16.3. The molecule has 0 aliphatic heterocycles. The second-order valence-electron chi connectivity index (χ2n) is 30.9. The minimum Gasteiger partial charge on any atom is -0.486 e. The first kappa shape index (κ1) is 92.9. The van der Waals surface area contributed by atoms with E-state index in [2.05, 4.69) is 397 Å². The molecule has 0 spiro atoms. The summed E-state index contributed by atoms with van der Waals surface area (Å²) in [5, 5.41) is 46.6. The zero-order valence-electron chi connectivity index (χ0n) is 75.2. The van der Waals surface area contributed by atoms with Crippen LogP contribution in [0.15, 0.2) is 328 Å². The molecule has 22 heteroatoms. The number of anilines is 12. The number of aromatic nitrogens is 6. The van der Waals surface area contributed by atoms with Gasteiger partial charge in [0.15, 0.2) is 40.0 Å². The van der Waals surface area contributed by atoms with Crippen LogP contribution in [0, 0.1) is 82.8 Å². The molecular formula is C113H95N15O6S. The van der Waals surface area contributed by atoms with Crippen LogP contribution >= 0.6 is 11.3 Å². The fraction of sp³-hybridized carbons (Fsp3) is 0.159. The molecule has 17 rings (SSSR count). The highest BCUT2D eigenvalue weighted by Crippen LogP contribution is 2.45. The zero-order chi connectivity index (χ0) is 93.5. The summed E-state index contributed by atoms with van der Waals surface area (Å²) in [6, 6.07) is 126. The van der Waals surface area contributed by atoms with E-state index in [-0.39, 0.29) is 67.3 Å². The molecule has 664 valence electrons. The van der Waals surface area contributed by atoms with Crippen LogP contribution in [-0.2, 0) is 18.9 Å². The lowest BCUT2D eigenvalue weighted by molar-refractivity contribution is 0.0324. The number of hydrogen-bond acceptors (Lipinski definition) is 22. The molecule has 0 saturated carbocycles. The normalized spacial score (nSPS) is 10.7. The molecule has 4 heterocycles. The molecule has 0 aliphatic carbocycles. The third-order valence-corrected chi connectivity index (χ3v) is 23.0. The van der Waals surface area contributed by atoms with E-state index < -0.39 is 0 Å². The van der Waals surface area contributed by atoms with Crippen LogP contribution in [0.4, 0.5) is 68.2 Å². The van der Waals surface area contributed by atoms with Crippen molar-refractivity contribution in [1.29, 1.82) is 26.3 Å². The summed E-state index contributed by atoms with van der Waals surface area (Å²) in [7, 11) is 0. The predicted octanol–water partition coefficient (Wildman–Crippen LogP) is 26.2. The molecule has 0 aliphatic rings. The number of ether oxygens (including phenoxy) is 6. The summed E-state index contributed by atoms with van der Waals surface area (Å²) < 4.78 is 33.9. The number of rotatable bonds is 35. The Morgan fingerprint density at radius 3 is 0.615 bits per heavy atom. The van der Waals surface area contributed by atoms with Crippen molar-refractivity contribution in [3.8, 4) is 87.6 Å². The predicted molar refractivity (Wildman–Crippen MR) is 537 cm³/mol. The number of nitriles is 5. The van der Waals surface area contributed by atoms with E-state index in [0.29, 0.717) is 52.9 Å². The minimum absolute atomic E-state index is 0.00758. The SMILES string of the molecule is C#Cc1nc2c(nc1C#N)c1nc(C#N)c(C#N)nc1c1nc(C#N)c(C#N)nc21.CCCCOCCOCCOc1c(C)sc(C)c1OCCOCCOCCCC.c1ccc(N(c2ccccc2)c2ccc(-c3ccc(N(c4ccccc4)c4ccc(-c5ccc(N(c6ccccc6)c6ccc(-c7ccc(N(c8ccccc8)c8ccccc8)cc7)cc6)cc5)cc4)cc3)cc2)cc1. The maximum atomic E-state index is 9.34. The lowest BCUT2D eigenvalue weighted by atomic mass is 10.0. The lowest BCUT2D eigenvalue weighted by Crippen LogP contribution is -2.13. The van der Waals surface area contributed by atoms with Gasteiger partial charge in [0.25, 0.3) is 0 Å². The van der Waals surface area contributed by atoms with Crippen molar-refractivity contribution >= 4 is 113 Å². The first-order chi connectivity index (χ1) is 66.5. The van der Waals surface area contributed by atoms with Crippen LogP contribution in [0.5, 0.6) is 11.5 Å². The van der Waals surface area contributed by atoms with Crippen molar-refractivity contribution in [2.24, 2.45) is 0 Å². The lowest BCUT2D eigenvalue weighted by Gasteiger charge is -2.26. The number of benzene rings is 13. The van der Waals surface area contributed by atoms with Crippen LogP contribution in [0.25, 0.3) is 66.5 Å². The van der Waals surface area contributed by atoms with Crippen molar-refractivity contribution in [3.63, 3.8) is 0 Å².